The number of nitrogens with zero attached hydrogens (tertiary/aromatic N) is 1. The molecule has 0 radical (unpaired) electrons. The van der Waals surface area contributed by atoms with Gasteiger partial charge in [0.05, 0.1) is 12.5 Å². The first-order valence-electron chi connectivity index (χ1n) is 10.6. The van der Waals surface area contributed by atoms with Crippen molar-refractivity contribution in [3.63, 3.8) is 0 Å². The summed E-state index contributed by atoms with van der Waals surface area (Å²) in [5.74, 6) is -0.127. The number of carbonyl (C=O) groups is 2. The third-order valence-electron chi connectivity index (χ3n) is 5.63. The van der Waals surface area contributed by atoms with Crippen LogP contribution in [-0.4, -0.2) is 29.8 Å². The number of hydrogen-bond acceptors (Lipinski definition) is 2. The van der Waals surface area contributed by atoms with E-state index in [2.05, 4.69) is 23.5 Å². The van der Waals surface area contributed by atoms with Crippen LogP contribution in [0.25, 0.3) is 5.57 Å². The minimum atomic E-state index is -0.374. The van der Waals surface area contributed by atoms with Gasteiger partial charge in [-0.2, -0.15) is 0 Å². The first-order valence-corrected chi connectivity index (χ1v) is 10.6. The predicted octanol–water partition coefficient (Wildman–Crippen LogP) is 4.86. The first kappa shape index (κ1) is 20.6. The molecule has 0 fully saturated rings. The average molecular weight is 411 g/mol. The van der Waals surface area contributed by atoms with Crippen molar-refractivity contribution in [2.75, 3.05) is 13.1 Å². The number of hydrogen-bond donors (Lipinski definition) is 1. The maximum Gasteiger partial charge on any atom is 0.251 e. The van der Waals surface area contributed by atoms with Crippen molar-refractivity contribution in [2.24, 2.45) is 0 Å². The van der Waals surface area contributed by atoms with Crippen molar-refractivity contribution < 1.29 is 9.59 Å². The van der Waals surface area contributed by atoms with Gasteiger partial charge in [0.15, 0.2) is 0 Å². The molecule has 3 aromatic rings. The molecule has 0 aromatic heterocycles. The Morgan fingerprint density at radius 2 is 1.45 bits per heavy atom. The van der Waals surface area contributed by atoms with Crippen LogP contribution in [0.2, 0.25) is 0 Å². The largest absolute Gasteiger partial charge is 0.345 e. The molecular formula is C27H26N2O2. The number of amides is 2. The van der Waals surface area contributed by atoms with Crippen molar-refractivity contribution in [2.45, 2.75) is 18.9 Å². The summed E-state index contributed by atoms with van der Waals surface area (Å²) in [5, 5.41) is 3.05. The molecule has 0 aliphatic carbocycles. The van der Waals surface area contributed by atoms with E-state index in [0.717, 1.165) is 12.0 Å². The van der Waals surface area contributed by atoms with Crippen molar-refractivity contribution in [3.8, 4) is 0 Å². The second-order valence-electron chi connectivity index (χ2n) is 7.69. The van der Waals surface area contributed by atoms with Crippen molar-refractivity contribution in [3.05, 3.63) is 114 Å². The molecule has 1 heterocycles. The minimum absolute atomic E-state index is 0.0468. The standard InChI is InChI=1S/C27H26N2O2/c30-26(29-18-16-22(17-19-29)21-10-4-1-5-11-21)20-25(23-12-6-2-7-13-23)28-27(31)24-14-8-3-9-15-24/h1-16,25H,17-20H2,(H,28,31). The van der Waals surface area contributed by atoms with E-state index < -0.39 is 0 Å². The van der Waals surface area contributed by atoms with Crippen LogP contribution in [0.4, 0.5) is 0 Å². The van der Waals surface area contributed by atoms with E-state index in [9.17, 15) is 9.59 Å². The van der Waals surface area contributed by atoms with E-state index in [1.807, 2.05) is 71.6 Å². The van der Waals surface area contributed by atoms with Gasteiger partial charge in [0, 0.05) is 18.7 Å². The second-order valence-corrected chi connectivity index (χ2v) is 7.69. The molecule has 1 aliphatic heterocycles. The van der Waals surface area contributed by atoms with Gasteiger partial charge in [0.2, 0.25) is 5.91 Å². The van der Waals surface area contributed by atoms with Crippen molar-refractivity contribution in [1.29, 1.82) is 0 Å². The molecule has 31 heavy (non-hydrogen) atoms. The smallest absolute Gasteiger partial charge is 0.251 e. The lowest BCUT2D eigenvalue weighted by Gasteiger charge is -2.29. The molecule has 4 heteroatoms. The quantitative estimate of drug-likeness (QED) is 0.631. The molecule has 0 bridgehead atoms. The Morgan fingerprint density at radius 3 is 2.06 bits per heavy atom. The SMILES string of the molecule is O=C(NC(CC(=O)N1CC=C(c2ccccc2)CC1)c1ccccc1)c1ccccc1. The Balaban J connectivity index is 1.45. The molecule has 0 saturated carbocycles. The zero-order chi connectivity index (χ0) is 21.5. The minimum Gasteiger partial charge on any atom is -0.345 e. The normalized spacial score (nSPS) is 14.5. The summed E-state index contributed by atoms with van der Waals surface area (Å²) >= 11 is 0. The topological polar surface area (TPSA) is 49.4 Å². The average Bonchev–Trinajstić information content (AvgIpc) is 2.85. The zero-order valence-corrected chi connectivity index (χ0v) is 17.4. The third kappa shape index (κ3) is 5.28. The highest BCUT2D eigenvalue weighted by atomic mass is 16.2. The van der Waals surface area contributed by atoms with Gasteiger partial charge in [0.1, 0.15) is 0 Å². The molecule has 4 rings (SSSR count). The van der Waals surface area contributed by atoms with Gasteiger partial charge in [-0.25, -0.2) is 0 Å². The molecule has 0 spiro atoms. The monoisotopic (exact) mass is 410 g/mol. The van der Waals surface area contributed by atoms with Crippen molar-refractivity contribution >= 4 is 17.4 Å². The summed E-state index contributed by atoms with van der Waals surface area (Å²) in [6.45, 7) is 1.28. The Hall–Kier alpha value is -3.66. The van der Waals surface area contributed by atoms with Gasteiger partial charge in [-0.1, -0.05) is 84.9 Å². The molecule has 1 atom stereocenters. The Kier molecular flexibility index (Phi) is 6.58. The van der Waals surface area contributed by atoms with Crippen LogP contribution in [0.15, 0.2) is 97.1 Å². The lowest BCUT2D eigenvalue weighted by atomic mass is 9.98. The maximum absolute atomic E-state index is 13.1. The molecule has 0 saturated heterocycles. The first-order chi connectivity index (χ1) is 15.2. The highest BCUT2D eigenvalue weighted by molar-refractivity contribution is 5.94. The van der Waals surface area contributed by atoms with Crippen LogP contribution in [0.3, 0.4) is 0 Å². The molecule has 4 nitrogen and oxygen atoms in total. The summed E-state index contributed by atoms with van der Waals surface area (Å²) in [6, 6.07) is 28.7. The van der Waals surface area contributed by atoms with E-state index >= 15 is 0 Å². The number of rotatable bonds is 6. The van der Waals surface area contributed by atoms with E-state index in [1.165, 1.54) is 11.1 Å². The Bertz CT molecular complexity index is 1050. The van der Waals surface area contributed by atoms with Crippen LogP contribution in [0.1, 0.15) is 40.4 Å². The summed E-state index contributed by atoms with van der Waals surface area (Å²) in [6.07, 6.45) is 3.20. The molecule has 2 amide bonds. The van der Waals surface area contributed by atoms with E-state index in [0.29, 0.717) is 18.7 Å². The fraction of sp³-hybridized carbons (Fsp3) is 0.185. The molecule has 156 valence electrons. The van der Waals surface area contributed by atoms with Crippen LogP contribution < -0.4 is 5.32 Å². The number of carbonyl (C=O) groups excluding carboxylic acids is 2. The van der Waals surface area contributed by atoms with E-state index in [4.69, 9.17) is 0 Å². The summed E-state index contributed by atoms with van der Waals surface area (Å²) in [7, 11) is 0. The fourth-order valence-electron chi connectivity index (χ4n) is 3.88. The lowest BCUT2D eigenvalue weighted by Crippen LogP contribution is -2.38. The van der Waals surface area contributed by atoms with Crippen molar-refractivity contribution in [1.82, 2.24) is 10.2 Å². The Labute approximate surface area is 183 Å². The van der Waals surface area contributed by atoms with Crippen LogP contribution in [-0.2, 0) is 4.79 Å². The van der Waals surface area contributed by atoms with Gasteiger partial charge < -0.3 is 10.2 Å². The van der Waals surface area contributed by atoms with Gasteiger partial charge in [0.25, 0.3) is 5.91 Å². The fourth-order valence-corrected chi connectivity index (χ4v) is 3.88. The molecule has 1 aliphatic rings. The summed E-state index contributed by atoms with van der Waals surface area (Å²) < 4.78 is 0. The van der Waals surface area contributed by atoms with Crippen LogP contribution in [0, 0.1) is 0 Å². The van der Waals surface area contributed by atoms with Gasteiger partial charge in [-0.05, 0) is 35.3 Å². The second kappa shape index (κ2) is 9.90. The van der Waals surface area contributed by atoms with Crippen LogP contribution >= 0.6 is 0 Å². The molecule has 1 unspecified atom stereocenters. The Morgan fingerprint density at radius 1 is 0.839 bits per heavy atom. The number of nitrogens with one attached hydrogen (secondary N) is 1. The number of benzene rings is 3. The predicted molar refractivity (Wildman–Crippen MR) is 123 cm³/mol. The highest BCUT2D eigenvalue weighted by Crippen LogP contribution is 2.24. The maximum atomic E-state index is 13.1. The van der Waals surface area contributed by atoms with Gasteiger partial charge in [-0.15, -0.1) is 0 Å². The summed E-state index contributed by atoms with van der Waals surface area (Å²) in [5.41, 5.74) is 4.01. The van der Waals surface area contributed by atoms with Crippen LogP contribution in [0.5, 0.6) is 0 Å². The third-order valence-corrected chi connectivity index (χ3v) is 5.63. The molecular weight excluding hydrogens is 384 g/mol. The van der Waals surface area contributed by atoms with E-state index in [1.54, 1.807) is 12.1 Å². The molecule has 3 aromatic carbocycles. The van der Waals surface area contributed by atoms with E-state index in [-0.39, 0.29) is 24.3 Å². The zero-order valence-electron chi connectivity index (χ0n) is 17.4. The molecule has 1 N–H and O–H groups in total. The summed E-state index contributed by atoms with van der Waals surface area (Å²) in [4.78, 5) is 27.7. The lowest BCUT2D eigenvalue weighted by molar-refractivity contribution is -0.131. The highest BCUT2D eigenvalue weighted by Gasteiger charge is 2.24. The van der Waals surface area contributed by atoms with Gasteiger partial charge >= 0.3 is 0 Å². The van der Waals surface area contributed by atoms with Gasteiger partial charge in [-0.3, -0.25) is 9.59 Å².